The summed E-state index contributed by atoms with van der Waals surface area (Å²) in [6, 6.07) is 23.2. The third kappa shape index (κ3) is 3.71. The summed E-state index contributed by atoms with van der Waals surface area (Å²) in [7, 11) is 1.72. The van der Waals surface area contributed by atoms with Gasteiger partial charge in [0, 0.05) is 16.5 Å². The summed E-state index contributed by atoms with van der Waals surface area (Å²) in [6.07, 6.45) is 4.49. The average molecular weight is 434 g/mol. The van der Waals surface area contributed by atoms with Gasteiger partial charge in [-0.15, -0.1) is 0 Å². The number of halogens is 1. The molecule has 1 atom stereocenters. The summed E-state index contributed by atoms with van der Waals surface area (Å²) >= 11 is 6.69. The molecular formula is C27H28ClNO2. The Morgan fingerprint density at radius 3 is 2.48 bits per heavy atom. The molecule has 1 aliphatic carbocycles. The lowest BCUT2D eigenvalue weighted by Crippen LogP contribution is -2.49. The summed E-state index contributed by atoms with van der Waals surface area (Å²) in [5.41, 5.74) is 5.08. The largest absolute Gasteiger partial charge is 0.493 e. The zero-order valence-electron chi connectivity index (χ0n) is 17.9. The molecule has 0 bridgehead atoms. The van der Waals surface area contributed by atoms with Crippen molar-refractivity contribution < 1.29 is 9.47 Å². The zero-order chi connectivity index (χ0) is 21.3. The maximum absolute atomic E-state index is 6.69. The Morgan fingerprint density at radius 2 is 1.77 bits per heavy atom. The Bertz CT molecular complexity index is 1060. The van der Waals surface area contributed by atoms with E-state index in [0.29, 0.717) is 6.61 Å². The minimum atomic E-state index is 0.0266. The predicted octanol–water partition coefficient (Wildman–Crippen LogP) is 6.24. The van der Waals surface area contributed by atoms with Crippen LogP contribution in [0.3, 0.4) is 0 Å². The van der Waals surface area contributed by atoms with Crippen LogP contribution in [0.4, 0.5) is 0 Å². The van der Waals surface area contributed by atoms with Gasteiger partial charge in [0.1, 0.15) is 6.61 Å². The van der Waals surface area contributed by atoms with Crippen molar-refractivity contribution in [2.24, 2.45) is 0 Å². The molecule has 4 heteroatoms. The van der Waals surface area contributed by atoms with Crippen LogP contribution in [0, 0.1) is 0 Å². The Labute approximate surface area is 189 Å². The molecule has 0 saturated heterocycles. The van der Waals surface area contributed by atoms with Gasteiger partial charge < -0.3 is 14.8 Å². The molecule has 0 amide bonds. The van der Waals surface area contributed by atoms with E-state index in [-0.39, 0.29) is 11.5 Å². The highest BCUT2D eigenvalue weighted by Gasteiger charge is 2.48. The molecule has 1 fully saturated rings. The number of fused-ring (bicyclic) bond motifs is 1. The smallest absolute Gasteiger partial charge is 0.162 e. The van der Waals surface area contributed by atoms with Crippen molar-refractivity contribution in [1.82, 2.24) is 5.32 Å². The van der Waals surface area contributed by atoms with E-state index >= 15 is 0 Å². The fourth-order valence-electron chi connectivity index (χ4n) is 5.20. The second-order valence-electron chi connectivity index (χ2n) is 8.60. The lowest BCUT2D eigenvalue weighted by molar-refractivity contribution is 0.164. The van der Waals surface area contributed by atoms with Gasteiger partial charge in [-0.25, -0.2) is 0 Å². The summed E-state index contributed by atoms with van der Waals surface area (Å²) < 4.78 is 11.9. The SMILES string of the molecule is COc1cc2c(cc1OCc1ccccc1)C(C1(c3ccccc3Cl)CCC1)NCC2. The van der Waals surface area contributed by atoms with Crippen LogP contribution >= 0.6 is 11.6 Å². The van der Waals surface area contributed by atoms with Crippen LogP contribution in [0.1, 0.15) is 47.6 Å². The molecule has 3 aromatic carbocycles. The molecule has 0 radical (unpaired) electrons. The van der Waals surface area contributed by atoms with Gasteiger partial charge in [0.25, 0.3) is 0 Å². The number of ether oxygens (including phenoxy) is 2. The monoisotopic (exact) mass is 433 g/mol. The van der Waals surface area contributed by atoms with Gasteiger partial charge >= 0.3 is 0 Å². The Morgan fingerprint density at radius 1 is 1.00 bits per heavy atom. The van der Waals surface area contributed by atoms with Gasteiger partial charge in [-0.1, -0.05) is 66.6 Å². The fourth-order valence-corrected chi connectivity index (χ4v) is 5.52. The lowest BCUT2D eigenvalue weighted by atomic mass is 9.58. The average Bonchev–Trinajstić information content (AvgIpc) is 2.78. The Hall–Kier alpha value is -2.49. The fraction of sp³-hybridized carbons (Fsp3) is 0.333. The first-order valence-electron chi connectivity index (χ1n) is 11.1. The van der Waals surface area contributed by atoms with E-state index < -0.39 is 0 Å². The molecule has 1 N–H and O–H groups in total. The lowest BCUT2D eigenvalue weighted by Gasteiger charge is -2.51. The van der Waals surface area contributed by atoms with Crippen LogP contribution in [0.5, 0.6) is 11.5 Å². The van der Waals surface area contributed by atoms with E-state index in [0.717, 1.165) is 47.9 Å². The number of hydrogen-bond acceptors (Lipinski definition) is 3. The first-order valence-corrected chi connectivity index (χ1v) is 11.4. The maximum atomic E-state index is 6.69. The second kappa shape index (κ2) is 8.57. The molecule has 1 aliphatic heterocycles. The van der Waals surface area contributed by atoms with E-state index in [2.05, 4.69) is 41.7 Å². The first kappa shape index (κ1) is 20.4. The predicted molar refractivity (Wildman–Crippen MR) is 125 cm³/mol. The number of rotatable bonds is 6. The zero-order valence-corrected chi connectivity index (χ0v) is 18.6. The van der Waals surface area contributed by atoms with Gasteiger partial charge in [0.05, 0.1) is 7.11 Å². The third-order valence-electron chi connectivity index (χ3n) is 6.93. The number of hydrogen-bond donors (Lipinski definition) is 1. The van der Waals surface area contributed by atoms with Crippen molar-refractivity contribution in [3.8, 4) is 11.5 Å². The van der Waals surface area contributed by atoms with Crippen LogP contribution in [0.15, 0.2) is 66.7 Å². The van der Waals surface area contributed by atoms with Crippen molar-refractivity contribution in [2.45, 2.75) is 43.7 Å². The molecule has 3 aromatic rings. The highest BCUT2D eigenvalue weighted by molar-refractivity contribution is 6.31. The van der Waals surface area contributed by atoms with Crippen molar-refractivity contribution in [3.63, 3.8) is 0 Å². The van der Waals surface area contributed by atoms with Crippen LogP contribution in [-0.4, -0.2) is 13.7 Å². The molecule has 5 rings (SSSR count). The van der Waals surface area contributed by atoms with E-state index in [1.165, 1.54) is 23.1 Å². The highest BCUT2D eigenvalue weighted by atomic mass is 35.5. The van der Waals surface area contributed by atoms with Gasteiger partial charge in [0.2, 0.25) is 0 Å². The molecular weight excluding hydrogens is 406 g/mol. The van der Waals surface area contributed by atoms with Crippen molar-refractivity contribution >= 4 is 11.6 Å². The maximum Gasteiger partial charge on any atom is 0.162 e. The molecule has 3 nitrogen and oxygen atoms in total. The van der Waals surface area contributed by atoms with E-state index in [1.807, 2.05) is 30.3 Å². The molecule has 1 heterocycles. The summed E-state index contributed by atoms with van der Waals surface area (Å²) in [6.45, 7) is 1.47. The third-order valence-corrected chi connectivity index (χ3v) is 7.25. The molecule has 1 unspecified atom stereocenters. The van der Waals surface area contributed by atoms with Crippen LogP contribution in [-0.2, 0) is 18.4 Å². The van der Waals surface area contributed by atoms with Gasteiger partial charge in [-0.3, -0.25) is 0 Å². The quantitative estimate of drug-likeness (QED) is 0.499. The molecule has 0 aromatic heterocycles. The molecule has 0 spiro atoms. The van der Waals surface area contributed by atoms with Crippen molar-refractivity contribution in [3.05, 3.63) is 94.0 Å². The Kier molecular flexibility index (Phi) is 5.64. The highest BCUT2D eigenvalue weighted by Crippen LogP contribution is 2.55. The van der Waals surface area contributed by atoms with Crippen molar-refractivity contribution in [2.75, 3.05) is 13.7 Å². The van der Waals surface area contributed by atoms with E-state index in [9.17, 15) is 0 Å². The topological polar surface area (TPSA) is 30.5 Å². The van der Waals surface area contributed by atoms with Crippen molar-refractivity contribution in [1.29, 1.82) is 0 Å². The molecule has 31 heavy (non-hydrogen) atoms. The number of nitrogens with one attached hydrogen (secondary N) is 1. The molecule has 1 saturated carbocycles. The van der Waals surface area contributed by atoms with Crippen LogP contribution in [0.25, 0.3) is 0 Å². The minimum absolute atomic E-state index is 0.0266. The van der Waals surface area contributed by atoms with Gasteiger partial charge in [-0.2, -0.15) is 0 Å². The summed E-state index contributed by atoms with van der Waals surface area (Å²) in [4.78, 5) is 0. The Balaban J connectivity index is 1.53. The normalized spacial score (nSPS) is 19.2. The molecule has 2 aliphatic rings. The standard InChI is InChI=1S/C27H28ClNO2/c1-30-24-16-20-12-15-29-26(27(13-7-14-27)22-10-5-6-11-23(22)28)21(20)17-25(24)31-18-19-8-3-2-4-9-19/h2-6,8-11,16-17,26,29H,7,12-15,18H2,1H3. The first-order chi connectivity index (χ1) is 15.2. The molecule has 160 valence electrons. The second-order valence-corrected chi connectivity index (χ2v) is 9.01. The van der Waals surface area contributed by atoms with E-state index in [4.69, 9.17) is 21.1 Å². The van der Waals surface area contributed by atoms with Gasteiger partial charge in [-0.05, 0) is 66.3 Å². The minimum Gasteiger partial charge on any atom is -0.493 e. The van der Waals surface area contributed by atoms with Crippen LogP contribution in [0.2, 0.25) is 5.02 Å². The van der Waals surface area contributed by atoms with Gasteiger partial charge in [0.15, 0.2) is 11.5 Å². The van der Waals surface area contributed by atoms with E-state index in [1.54, 1.807) is 7.11 Å². The summed E-state index contributed by atoms with van der Waals surface area (Å²) in [5.74, 6) is 1.60. The number of methoxy groups -OCH3 is 1. The summed E-state index contributed by atoms with van der Waals surface area (Å²) in [5, 5.41) is 4.69. The number of benzene rings is 3. The van der Waals surface area contributed by atoms with Crippen LogP contribution < -0.4 is 14.8 Å².